The van der Waals surface area contributed by atoms with Crippen molar-refractivity contribution >= 4 is 22.4 Å². The summed E-state index contributed by atoms with van der Waals surface area (Å²) in [7, 11) is 0. The van der Waals surface area contributed by atoms with Crippen molar-refractivity contribution in [3.63, 3.8) is 0 Å². The van der Waals surface area contributed by atoms with E-state index in [-0.39, 0.29) is 0 Å². The third kappa shape index (κ3) is 1.77. The average Bonchev–Trinajstić information content (AvgIpc) is 2.71. The van der Waals surface area contributed by atoms with Gasteiger partial charge in [0, 0.05) is 11.6 Å². The Balaban J connectivity index is 2.04. The third-order valence-electron chi connectivity index (χ3n) is 2.65. The van der Waals surface area contributed by atoms with Gasteiger partial charge >= 0.3 is 0 Å². The number of nitrogen functional groups attached to an aromatic ring is 1. The zero-order chi connectivity index (χ0) is 9.26. The van der Waals surface area contributed by atoms with Crippen molar-refractivity contribution in [1.29, 1.82) is 0 Å². The predicted molar refractivity (Wildman–Crippen MR) is 57.1 cm³/mol. The standard InChI is InChI=1S/C9H15N3S/c1-6-8(10)12-13-9(6)11-7-4-2-3-5-7/h7,11H,2-5H2,1H3,(H2,10,12). The van der Waals surface area contributed by atoms with Crippen molar-refractivity contribution in [2.45, 2.75) is 38.6 Å². The van der Waals surface area contributed by atoms with Crippen LogP contribution in [0.4, 0.5) is 10.8 Å². The number of rotatable bonds is 2. The molecule has 1 fully saturated rings. The molecule has 0 unspecified atom stereocenters. The summed E-state index contributed by atoms with van der Waals surface area (Å²) in [4.78, 5) is 0. The lowest BCUT2D eigenvalue weighted by Gasteiger charge is -2.11. The molecule has 1 aliphatic rings. The van der Waals surface area contributed by atoms with E-state index in [0.29, 0.717) is 11.9 Å². The van der Waals surface area contributed by atoms with E-state index in [0.717, 1.165) is 10.6 Å². The SMILES string of the molecule is Cc1c(N)nsc1NC1CCCC1. The summed E-state index contributed by atoms with van der Waals surface area (Å²) >= 11 is 1.48. The van der Waals surface area contributed by atoms with Crippen LogP contribution >= 0.6 is 11.5 Å². The number of nitrogens with zero attached hydrogens (tertiary/aromatic N) is 1. The molecule has 0 spiro atoms. The quantitative estimate of drug-likeness (QED) is 0.765. The summed E-state index contributed by atoms with van der Waals surface area (Å²) in [6.45, 7) is 2.02. The Bertz CT molecular complexity index is 289. The first-order valence-electron chi connectivity index (χ1n) is 4.75. The highest BCUT2D eigenvalue weighted by Gasteiger charge is 2.16. The van der Waals surface area contributed by atoms with Crippen LogP contribution < -0.4 is 11.1 Å². The van der Waals surface area contributed by atoms with E-state index in [1.165, 1.54) is 37.2 Å². The molecule has 13 heavy (non-hydrogen) atoms. The van der Waals surface area contributed by atoms with Gasteiger partial charge in [0.2, 0.25) is 0 Å². The molecule has 4 heteroatoms. The normalized spacial score (nSPS) is 17.9. The molecule has 0 bridgehead atoms. The average molecular weight is 197 g/mol. The Morgan fingerprint density at radius 2 is 2.15 bits per heavy atom. The van der Waals surface area contributed by atoms with Crippen LogP contribution in [0, 0.1) is 6.92 Å². The zero-order valence-corrected chi connectivity index (χ0v) is 8.66. The Morgan fingerprint density at radius 3 is 2.69 bits per heavy atom. The molecule has 1 aromatic heterocycles. The van der Waals surface area contributed by atoms with Crippen molar-refractivity contribution < 1.29 is 0 Å². The molecule has 72 valence electrons. The minimum absolute atomic E-state index is 0.651. The highest BCUT2D eigenvalue weighted by Crippen LogP contribution is 2.29. The van der Waals surface area contributed by atoms with Gasteiger partial charge in [0.1, 0.15) is 10.8 Å². The topological polar surface area (TPSA) is 50.9 Å². The van der Waals surface area contributed by atoms with Gasteiger partial charge in [-0.2, -0.15) is 4.37 Å². The molecule has 0 atom stereocenters. The molecule has 1 saturated carbocycles. The van der Waals surface area contributed by atoms with E-state index < -0.39 is 0 Å². The van der Waals surface area contributed by atoms with E-state index in [2.05, 4.69) is 9.69 Å². The predicted octanol–water partition coefficient (Wildman–Crippen LogP) is 2.39. The fraction of sp³-hybridized carbons (Fsp3) is 0.667. The van der Waals surface area contributed by atoms with E-state index >= 15 is 0 Å². The van der Waals surface area contributed by atoms with Crippen LogP contribution in [-0.4, -0.2) is 10.4 Å². The molecule has 2 rings (SSSR count). The lowest BCUT2D eigenvalue weighted by molar-refractivity contribution is 0.757. The third-order valence-corrected chi connectivity index (χ3v) is 3.55. The first-order valence-corrected chi connectivity index (χ1v) is 5.53. The maximum atomic E-state index is 5.67. The second-order valence-electron chi connectivity index (χ2n) is 3.65. The number of nitrogens with two attached hydrogens (primary N) is 1. The minimum Gasteiger partial charge on any atom is -0.383 e. The molecule has 3 N–H and O–H groups in total. The summed E-state index contributed by atoms with van der Waals surface area (Å²) in [5.41, 5.74) is 6.78. The Labute approximate surface area is 82.5 Å². The lowest BCUT2D eigenvalue weighted by atomic mass is 10.2. The van der Waals surface area contributed by atoms with Gasteiger partial charge in [0.25, 0.3) is 0 Å². The number of aromatic nitrogens is 1. The Morgan fingerprint density at radius 1 is 1.46 bits per heavy atom. The largest absolute Gasteiger partial charge is 0.383 e. The van der Waals surface area contributed by atoms with E-state index in [1.807, 2.05) is 6.92 Å². The molecular weight excluding hydrogens is 182 g/mol. The molecule has 0 saturated heterocycles. The van der Waals surface area contributed by atoms with Crippen molar-refractivity contribution in [3.8, 4) is 0 Å². The fourth-order valence-electron chi connectivity index (χ4n) is 1.74. The molecule has 1 aliphatic carbocycles. The molecule has 1 heterocycles. The van der Waals surface area contributed by atoms with Crippen molar-refractivity contribution in [2.24, 2.45) is 0 Å². The Hall–Kier alpha value is -0.770. The molecule has 3 nitrogen and oxygen atoms in total. The van der Waals surface area contributed by atoms with E-state index in [4.69, 9.17) is 5.73 Å². The zero-order valence-electron chi connectivity index (χ0n) is 7.84. The number of anilines is 2. The van der Waals surface area contributed by atoms with Crippen LogP contribution in [-0.2, 0) is 0 Å². The molecule has 0 amide bonds. The summed E-state index contributed by atoms with van der Waals surface area (Å²) in [6, 6.07) is 0.651. The summed E-state index contributed by atoms with van der Waals surface area (Å²) in [6.07, 6.45) is 5.28. The van der Waals surface area contributed by atoms with Crippen LogP contribution in [0.2, 0.25) is 0 Å². The van der Waals surface area contributed by atoms with Crippen LogP contribution in [0.1, 0.15) is 31.2 Å². The molecule has 1 aromatic rings. The number of nitrogens with one attached hydrogen (secondary N) is 1. The maximum absolute atomic E-state index is 5.67. The van der Waals surface area contributed by atoms with E-state index in [1.54, 1.807) is 0 Å². The van der Waals surface area contributed by atoms with Gasteiger partial charge in [-0.05, 0) is 31.3 Å². The van der Waals surface area contributed by atoms with Crippen molar-refractivity contribution in [2.75, 3.05) is 11.1 Å². The highest BCUT2D eigenvalue weighted by molar-refractivity contribution is 7.10. The molecule has 0 aromatic carbocycles. The first kappa shape index (κ1) is 8.81. The first-order chi connectivity index (χ1) is 6.27. The van der Waals surface area contributed by atoms with Crippen LogP contribution in [0.5, 0.6) is 0 Å². The molecule has 0 radical (unpaired) electrons. The van der Waals surface area contributed by atoms with Gasteiger partial charge in [0.15, 0.2) is 0 Å². The van der Waals surface area contributed by atoms with Gasteiger partial charge < -0.3 is 11.1 Å². The fourth-order valence-corrected chi connectivity index (χ4v) is 2.53. The van der Waals surface area contributed by atoms with Gasteiger partial charge in [-0.3, -0.25) is 0 Å². The van der Waals surface area contributed by atoms with Gasteiger partial charge in [-0.1, -0.05) is 12.8 Å². The number of hydrogen-bond donors (Lipinski definition) is 2. The van der Waals surface area contributed by atoms with Crippen LogP contribution in [0.25, 0.3) is 0 Å². The van der Waals surface area contributed by atoms with Crippen LogP contribution in [0.3, 0.4) is 0 Å². The van der Waals surface area contributed by atoms with Crippen LogP contribution in [0.15, 0.2) is 0 Å². The maximum Gasteiger partial charge on any atom is 0.142 e. The van der Waals surface area contributed by atoms with E-state index in [9.17, 15) is 0 Å². The summed E-state index contributed by atoms with van der Waals surface area (Å²) < 4.78 is 4.12. The second-order valence-corrected chi connectivity index (χ2v) is 4.42. The smallest absolute Gasteiger partial charge is 0.142 e. The molecule has 0 aliphatic heterocycles. The van der Waals surface area contributed by atoms with Gasteiger partial charge in [0.05, 0.1) is 0 Å². The van der Waals surface area contributed by atoms with Gasteiger partial charge in [-0.25, -0.2) is 0 Å². The highest BCUT2D eigenvalue weighted by atomic mass is 32.1. The minimum atomic E-state index is 0.651. The number of hydrogen-bond acceptors (Lipinski definition) is 4. The van der Waals surface area contributed by atoms with Crippen molar-refractivity contribution in [1.82, 2.24) is 4.37 Å². The second kappa shape index (κ2) is 3.54. The van der Waals surface area contributed by atoms with Crippen molar-refractivity contribution in [3.05, 3.63) is 5.56 Å². The monoisotopic (exact) mass is 197 g/mol. The lowest BCUT2D eigenvalue weighted by Crippen LogP contribution is -2.14. The van der Waals surface area contributed by atoms with Gasteiger partial charge in [-0.15, -0.1) is 0 Å². The summed E-state index contributed by atoms with van der Waals surface area (Å²) in [5.74, 6) is 0.672. The summed E-state index contributed by atoms with van der Waals surface area (Å²) in [5, 5.41) is 4.66. The Kier molecular flexibility index (Phi) is 2.40. The molecular formula is C9H15N3S.